The van der Waals surface area contributed by atoms with Gasteiger partial charge in [-0.25, -0.2) is 19.3 Å². The molecule has 0 amide bonds. The van der Waals surface area contributed by atoms with Crippen molar-refractivity contribution in [2.24, 2.45) is 0 Å². The van der Waals surface area contributed by atoms with Gasteiger partial charge in [-0.1, -0.05) is 38.2 Å². The summed E-state index contributed by atoms with van der Waals surface area (Å²) in [6, 6.07) is 5.80. The van der Waals surface area contributed by atoms with Crippen LogP contribution in [0.5, 0.6) is 0 Å². The summed E-state index contributed by atoms with van der Waals surface area (Å²) in [4.78, 5) is 25.7. The zero-order valence-electron chi connectivity index (χ0n) is 19.7. The van der Waals surface area contributed by atoms with Gasteiger partial charge >= 0.3 is 6.18 Å². The molecule has 0 bridgehead atoms. The van der Waals surface area contributed by atoms with E-state index in [1.807, 2.05) is 18.2 Å². The minimum Gasteiger partial charge on any atom is -0.324 e. The van der Waals surface area contributed by atoms with E-state index in [2.05, 4.69) is 25.6 Å². The standard InChI is InChI=1S/C23H23F4N7OS/c1-22(2,3)16-17(24)36-21(31-16)34-18-15(19(35)33(34)11-23(25,26)27)10-29-20(32-18)30-14-5-4-13-9-28-7-6-12(13)8-14/h4-5,8,10,28H,6-7,9,11H2,1-3H3,(H,29,30,32). The lowest BCUT2D eigenvalue weighted by molar-refractivity contribution is -0.144. The van der Waals surface area contributed by atoms with Crippen molar-refractivity contribution in [1.82, 2.24) is 29.6 Å². The summed E-state index contributed by atoms with van der Waals surface area (Å²) in [5.41, 5.74) is 1.41. The Morgan fingerprint density at radius 2 is 1.94 bits per heavy atom. The molecule has 0 radical (unpaired) electrons. The Hall–Kier alpha value is -3.32. The molecule has 0 spiro atoms. The average Bonchev–Trinajstić information content (AvgIpc) is 3.30. The van der Waals surface area contributed by atoms with Crippen LogP contribution >= 0.6 is 11.3 Å². The zero-order valence-corrected chi connectivity index (χ0v) is 20.5. The molecule has 13 heteroatoms. The molecule has 36 heavy (non-hydrogen) atoms. The SMILES string of the molecule is CC(C)(C)c1nc(-n2c3nc(Nc4ccc5c(c4)CCNC5)ncc3c(=O)n2CC(F)(F)F)sc1F. The number of aromatic nitrogens is 5. The van der Waals surface area contributed by atoms with Gasteiger partial charge in [-0.2, -0.15) is 22.5 Å². The number of benzene rings is 1. The van der Waals surface area contributed by atoms with Crippen LogP contribution in [0.15, 0.2) is 29.2 Å². The summed E-state index contributed by atoms with van der Waals surface area (Å²) in [5.74, 6) is 0.0855. The highest BCUT2D eigenvalue weighted by molar-refractivity contribution is 7.12. The zero-order chi connectivity index (χ0) is 25.8. The molecule has 0 aliphatic carbocycles. The number of halogens is 4. The molecule has 0 saturated heterocycles. The summed E-state index contributed by atoms with van der Waals surface area (Å²) in [6.45, 7) is 5.27. The highest BCUT2D eigenvalue weighted by atomic mass is 32.1. The first-order valence-electron chi connectivity index (χ1n) is 11.2. The Morgan fingerprint density at radius 3 is 2.64 bits per heavy atom. The lowest BCUT2D eigenvalue weighted by Crippen LogP contribution is -2.30. The minimum absolute atomic E-state index is 0.0855. The van der Waals surface area contributed by atoms with Crippen molar-refractivity contribution in [3.05, 3.63) is 56.7 Å². The fraction of sp³-hybridized carbons (Fsp3) is 0.391. The first-order valence-corrected chi connectivity index (χ1v) is 12.0. The number of hydrogen-bond donors (Lipinski definition) is 2. The minimum atomic E-state index is -4.70. The molecule has 0 fully saturated rings. The van der Waals surface area contributed by atoms with Crippen molar-refractivity contribution < 1.29 is 17.6 Å². The van der Waals surface area contributed by atoms with Crippen molar-refractivity contribution in [1.29, 1.82) is 0 Å². The van der Waals surface area contributed by atoms with Crippen molar-refractivity contribution >= 4 is 34.0 Å². The second kappa shape index (κ2) is 8.66. The normalized spacial score (nSPS) is 14.3. The maximum Gasteiger partial charge on any atom is 0.408 e. The average molecular weight is 522 g/mol. The van der Waals surface area contributed by atoms with Crippen LogP contribution in [-0.2, 0) is 24.9 Å². The Balaban J connectivity index is 1.64. The Kier molecular flexibility index (Phi) is 5.86. The third-order valence-electron chi connectivity index (χ3n) is 5.82. The molecular formula is C23H23F4N7OS. The Labute approximate surface area is 207 Å². The van der Waals surface area contributed by atoms with Crippen LogP contribution in [0.25, 0.3) is 16.2 Å². The first-order chi connectivity index (χ1) is 16.9. The van der Waals surface area contributed by atoms with E-state index in [-0.39, 0.29) is 27.8 Å². The highest BCUT2D eigenvalue weighted by Crippen LogP contribution is 2.32. The van der Waals surface area contributed by atoms with E-state index < -0.39 is 28.8 Å². The summed E-state index contributed by atoms with van der Waals surface area (Å²) in [7, 11) is 0. The van der Waals surface area contributed by atoms with Crippen LogP contribution in [0.4, 0.5) is 29.2 Å². The number of nitrogens with one attached hydrogen (secondary N) is 2. The molecule has 1 aromatic carbocycles. The van der Waals surface area contributed by atoms with Gasteiger partial charge in [0.15, 0.2) is 5.65 Å². The van der Waals surface area contributed by atoms with E-state index >= 15 is 0 Å². The molecule has 4 heterocycles. The van der Waals surface area contributed by atoms with Crippen molar-refractivity contribution in [3.8, 4) is 5.13 Å². The van der Waals surface area contributed by atoms with Crippen LogP contribution in [0.2, 0.25) is 0 Å². The van der Waals surface area contributed by atoms with Gasteiger partial charge in [0.05, 0.1) is 5.69 Å². The summed E-state index contributed by atoms with van der Waals surface area (Å²) >= 11 is 0.559. The third kappa shape index (κ3) is 4.60. The molecule has 5 rings (SSSR count). The largest absolute Gasteiger partial charge is 0.408 e. The summed E-state index contributed by atoms with van der Waals surface area (Å²) in [6.07, 6.45) is -2.67. The predicted molar refractivity (Wildman–Crippen MR) is 129 cm³/mol. The quantitative estimate of drug-likeness (QED) is 0.387. The van der Waals surface area contributed by atoms with E-state index in [0.29, 0.717) is 21.7 Å². The fourth-order valence-corrected chi connectivity index (χ4v) is 5.14. The Bertz CT molecular complexity index is 1510. The molecular weight excluding hydrogens is 498 g/mol. The number of thiazole rings is 1. The molecule has 1 aliphatic heterocycles. The van der Waals surface area contributed by atoms with Gasteiger partial charge in [0.1, 0.15) is 11.9 Å². The Morgan fingerprint density at radius 1 is 1.17 bits per heavy atom. The molecule has 1 aliphatic rings. The van der Waals surface area contributed by atoms with Crippen molar-refractivity contribution in [2.75, 3.05) is 11.9 Å². The molecule has 0 unspecified atom stereocenters. The topological polar surface area (TPSA) is 89.7 Å². The molecule has 4 aromatic rings. The van der Waals surface area contributed by atoms with E-state index in [9.17, 15) is 22.4 Å². The lowest BCUT2D eigenvalue weighted by atomic mass is 9.93. The number of rotatable bonds is 4. The van der Waals surface area contributed by atoms with E-state index in [0.717, 1.165) is 24.2 Å². The van der Waals surface area contributed by atoms with Gasteiger partial charge in [-0.05, 0) is 36.2 Å². The monoisotopic (exact) mass is 521 g/mol. The maximum atomic E-state index is 14.8. The van der Waals surface area contributed by atoms with Gasteiger partial charge in [0, 0.05) is 23.8 Å². The van der Waals surface area contributed by atoms with Crippen LogP contribution < -0.4 is 16.2 Å². The van der Waals surface area contributed by atoms with Gasteiger partial charge in [0.25, 0.3) is 5.56 Å². The molecule has 190 valence electrons. The van der Waals surface area contributed by atoms with Crippen molar-refractivity contribution in [3.63, 3.8) is 0 Å². The number of fused-ring (bicyclic) bond motifs is 2. The highest BCUT2D eigenvalue weighted by Gasteiger charge is 2.33. The first kappa shape index (κ1) is 24.4. The molecule has 0 atom stereocenters. The van der Waals surface area contributed by atoms with Crippen LogP contribution in [0.1, 0.15) is 37.6 Å². The summed E-state index contributed by atoms with van der Waals surface area (Å²) in [5, 5.41) is 5.47. The summed E-state index contributed by atoms with van der Waals surface area (Å²) < 4.78 is 56.4. The molecule has 2 N–H and O–H groups in total. The fourth-order valence-electron chi connectivity index (χ4n) is 4.12. The van der Waals surface area contributed by atoms with Gasteiger partial charge in [-0.3, -0.25) is 4.79 Å². The number of anilines is 2. The van der Waals surface area contributed by atoms with Crippen LogP contribution in [0.3, 0.4) is 0 Å². The molecule has 3 aromatic heterocycles. The predicted octanol–water partition coefficient (Wildman–Crippen LogP) is 4.43. The smallest absolute Gasteiger partial charge is 0.324 e. The van der Waals surface area contributed by atoms with Gasteiger partial charge in [-0.15, -0.1) is 0 Å². The molecule has 8 nitrogen and oxygen atoms in total. The molecule has 0 saturated carbocycles. The van der Waals surface area contributed by atoms with E-state index in [1.54, 1.807) is 20.8 Å². The number of alkyl halides is 3. The van der Waals surface area contributed by atoms with E-state index in [4.69, 9.17) is 0 Å². The third-order valence-corrected chi connectivity index (χ3v) is 6.64. The number of hydrogen-bond acceptors (Lipinski definition) is 7. The van der Waals surface area contributed by atoms with Gasteiger partial charge in [0.2, 0.25) is 16.2 Å². The lowest BCUT2D eigenvalue weighted by Gasteiger charge is -2.18. The van der Waals surface area contributed by atoms with Gasteiger partial charge < -0.3 is 10.6 Å². The van der Waals surface area contributed by atoms with Crippen molar-refractivity contribution in [2.45, 2.75) is 51.9 Å². The number of nitrogens with zero attached hydrogens (tertiary/aromatic N) is 5. The van der Waals surface area contributed by atoms with E-state index in [1.165, 1.54) is 17.3 Å². The van der Waals surface area contributed by atoms with Crippen LogP contribution in [-0.4, -0.2) is 37.0 Å². The maximum absolute atomic E-state index is 14.8. The second-order valence-electron chi connectivity index (χ2n) is 9.62. The second-order valence-corrected chi connectivity index (χ2v) is 10.6. The van der Waals surface area contributed by atoms with Crippen LogP contribution in [0, 0.1) is 5.13 Å².